The third-order valence-corrected chi connectivity index (χ3v) is 2.07. The highest BCUT2D eigenvalue weighted by Crippen LogP contribution is 2.24. The van der Waals surface area contributed by atoms with Crippen molar-refractivity contribution >= 4 is 34.7 Å². The van der Waals surface area contributed by atoms with Crippen LogP contribution in [0.25, 0.3) is 0 Å². The van der Waals surface area contributed by atoms with Crippen LogP contribution < -0.4 is 4.90 Å². The predicted octanol–water partition coefficient (Wildman–Crippen LogP) is 3.03. The summed E-state index contributed by atoms with van der Waals surface area (Å²) in [5.74, 6) is 0. The number of hydrogen-bond donors (Lipinski definition) is 0. The molecular formula is C8H7ClFNS. The zero-order valence-corrected chi connectivity index (χ0v) is 7.99. The first-order chi connectivity index (χ1) is 5.63. The molecule has 0 aliphatic rings. The third-order valence-electron chi connectivity index (χ3n) is 1.48. The number of nitrogens with zero attached hydrogens (tertiary/aromatic N) is 1. The highest BCUT2D eigenvalue weighted by Gasteiger charge is 2.07. The molecule has 0 fully saturated rings. The topological polar surface area (TPSA) is 3.24 Å². The maximum atomic E-state index is 12.6. The maximum Gasteiger partial charge on any atom is 0.259 e. The zero-order chi connectivity index (χ0) is 9.14. The number of anilines is 1. The summed E-state index contributed by atoms with van der Waals surface area (Å²) < 4.78 is 12.6. The van der Waals surface area contributed by atoms with E-state index in [1.54, 1.807) is 24.3 Å². The van der Waals surface area contributed by atoms with E-state index in [9.17, 15) is 4.39 Å². The van der Waals surface area contributed by atoms with Gasteiger partial charge >= 0.3 is 0 Å². The Kier molecular flexibility index (Phi) is 3.00. The first kappa shape index (κ1) is 9.42. The number of hydrogen-bond acceptors (Lipinski definition) is 1. The fourth-order valence-corrected chi connectivity index (χ4v) is 1.18. The molecule has 1 rings (SSSR count). The number of para-hydroxylation sites is 1. The Morgan fingerprint density at radius 3 is 2.58 bits per heavy atom. The van der Waals surface area contributed by atoms with Gasteiger partial charge in [-0.2, -0.15) is 4.39 Å². The van der Waals surface area contributed by atoms with Crippen LogP contribution in [-0.2, 0) is 0 Å². The van der Waals surface area contributed by atoms with E-state index in [1.165, 1.54) is 11.9 Å². The summed E-state index contributed by atoms with van der Waals surface area (Å²) in [6, 6.07) is 6.94. The lowest BCUT2D eigenvalue weighted by molar-refractivity contribution is 0.801. The molecule has 1 aromatic rings. The van der Waals surface area contributed by atoms with Gasteiger partial charge in [0.15, 0.2) is 0 Å². The number of thiocarbonyl (C=S) groups is 1. The fourth-order valence-electron chi connectivity index (χ4n) is 0.818. The van der Waals surface area contributed by atoms with Gasteiger partial charge in [-0.15, -0.1) is 0 Å². The van der Waals surface area contributed by atoms with Crippen molar-refractivity contribution in [3.05, 3.63) is 29.3 Å². The second kappa shape index (κ2) is 3.83. The Bertz CT molecular complexity index is 303. The number of rotatable bonds is 1. The lowest BCUT2D eigenvalue weighted by atomic mass is 10.3. The van der Waals surface area contributed by atoms with Crippen LogP contribution in [0, 0.1) is 0 Å². The van der Waals surface area contributed by atoms with Crippen molar-refractivity contribution in [2.24, 2.45) is 0 Å². The van der Waals surface area contributed by atoms with Crippen molar-refractivity contribution in [1.82, 2.24) is 0 Å². The SMILES string of the molecule is CN(C(F)=S)c1ccccc1Cl. The molecule has 4 heteroatoms. The summed E-state index contributed by atoms with van der Waals surface area (Å²) in [6.07, 6.45) is 0. The molecule has 0 aromatic heterocycles. The molecule has 0 atom stereocenters. The summed E-state index contributed by atoms with van der Waals surface area (Å²) in [6.45, 7) is 0. The molecule has 0 spiro atoms. The molecule has 0 unspecified atom stereocenters. The average Bonchev–Trinajstić information content (AvgIpc) is 2.04. The summed E-state index contributed by atoms with van der Waals surface area (Å²) in [4.78, 5) is 1.22. The second-order valence-electron chi connectivity index (χ2n) is 2.26. The molecule has 0 bridgehead atoms. The molecule has 1 aromatic carbocycles. The molecule has 1 nitrogen and oxygen atoms in total. The molecule has 0 amide bonds. The van der Waals surface area contributed by atoms with Gasteiger partial charge in [-0.05, 0) is 24.4 Å². The molecular weight excluding hydrogens is 197 g/mol. The quantitative estimate of drug-likeness (QED) is 0.392. The molecule has 0 aliphatic carbocycles. The first-order valence-electron chi connectivity index (χ1n) is 3.30. The molecule has 12 heavy (non-hydrogen) atoms. The standard InChI is InChI=1S/C8H7ClFNS/c1-11(8(10)12)7-5-3-2-4-6(7)9/h2-5H,1H3. The molecule has 0 saturated heterocycles. The highest BCUT2D eigenvalue weighted by atomic mass is 35.5. The van der Waals surface area contributed by atoms with Crippen LogP contribution >= 0.6 is 23.8 Å². The minimum Gasteiger partial charge on any atom is -0.311 e. The van der Waals surface area contributed by atoms with E-state index in [4.69, 9.17) is 11.6 Å². The van der Waals surface area contributed by atoms with Crippen molar-refractivity contribution in [1.29, 1.82) is 0 Å². The third kappa shape index (κ3) is 1.93. The van der Waals surface area contributed by atoms with Gasteiger partial charge in [0.05, 0.1) is 10.7 Å². The second-order valence-corrected chi connectivity index (χ2v) is 3.01. The summed E-state index contributed by atoms with van der Waals surface area (Å²) in [5, 5.41) is -0.205. The van der Waals surface area contributed by atoms with Crippen LogP contribution in [0.15, 0.2) is 24.3 Å². The Balaban J connectivity index is 3.02. The molecule has 0 aliphatic heterocycles. The van der Waals surface area contributed by atoms with E-state index < -0.39 is 5.24 Å². The van der Waals surface area contributed by atoms with Crippen molar-refractivity contribution in [3.8, 4) is 0 Å². The van der Waals surface area contributed by atoms with E-state index in [1.807, 2.05) is 0 Å². The van der Waals surface area contributed by atoms with E-state index in [2.05, 4.69) is 12.2 Å². The predicted molar refractivity (Wildman–Crippen MR) is 53.6 cm³/mol. The summed E-state index contributed by atoms with van der Waals surface area (Å²) >= 11 is 10.2. The van der Waals surface area contributed by atoms with Gasteiger partial charge in [-0.25, -0.2) is 0 Å². The van der Waals surface area contributed by atoms with Crippen molar-refractivity contribution in [3.63, 3.8) is 0 Å². The van der Waals surface area contributed by atoms with Crippen LogP contribution in [0.2, 0.25) is 5.02 Å². The molecule has 0 radical (unpaired) electrons. The first-order valence-corrected chi connectivity index (χ1v) is 4.09. The van der Waals surface area contributed by atoms with E-state index >= 15 is 0 Å². The summed E-state index contributed by atoms with van der Waals surface area (Å²) in [5.41, 5.74) is 0.576. The van der Waals surface area contributed by atoms with Gasteiger partial charge in [0.1, 0.15) is 0 Å². The van der Waals surface area contributed by atoms with Crippen LogP contribution in [0.4, 0.5) is 10.1 Å². The van der Waals surface area contributed by atoms with Crippen molar-refractivity contribution in [2.75, 3.05) is 11.9 Å². The Morgan fingerprint density at radius 1 is 1.50 bits per heavy atom. The largest absolute Gasteiger partial charge is 0.311 e. The molecule has 0 heterocycles. The summed E-state index contributed by atoms with van der Waals surface area (Å²) in [7, 11) is 1.53. The average molecular weight is 204 g/mol. The van der Waals surface area contributed by atoms with Crippen LogP contribution in [-0.4, -0.2) is 12.3 Å². The smallest absolute Gasteiger partial charge is 0.259 e. The lowest BCUT2D eigenvalue weighted by Crippen LogP contribution is -2.20. The van der Waals surface area contributed by atoms with Crippen LogP contribution in [0.1, 0.15) is 0 Å². The minimum absolute atomic E-state index is 0.486. The van der Waals surface area contributed by atoms with Gasteiger partial charge in [0.25, 0.3) is 5.24 Å². The Labute approximate surface area is 80.7 Å². The lowest BCUT2D eigenvalue weighted by Gasteiger charge is -2.15. The molecule has 64 valence electrons. The molecule has 0 N–H and O–H groups in total. The van der Waals surface area contributed by atoms with Crippen LogP contribution in [0.3, 0.4) is 0 Å². The van der Waals surface area contributed by atoms with Crippen molar-refractivity contribution in [2.45, 2.75) is 0 Å². The van der Waals surface area contributed by atoms with Gasteiger partial charge in [-0.3, -0.25) is 0 Å². The van der Waals surface area contributed by atoms with Gasteiger partial charge in [-0.1, -0.05) is 23.7 Å². The van der Waals surface area contributed by atoms with Gasteiger partial charge < -0.3 is 4.90 Å². The molecule has 0 saturated carbocycles. The monoisotopic (exact) mass is 203 g/mol. The van der Waals surface area contributed by atoms with Crippen LogP contribution in [0.5, 0.6) is 0 Å². The normalized spacial score (nSPS) is 9.58. The number of halogens is 2. The minimum atomic E-state index is -0.692. The van der Waals surface area contributed by atoms with Gasteiger partial charge in [0.2, 0.25) is 0 Å². The van der Waals surface area contributed by atoms with E-state index in [0.717, 1.165) is 0 Å². The highest BCUT2D eigenvalue weighted by molar-refractivity contribution is 7.80. The van der Waals surface area contributed by atoms with Gasteiger partial charge in [0, 0.05) is 7.05 Å². The van der Waals surface area contributed by atoms with Crippen molar-refractivity contribution < 1.29 is 4.39 Å². The number of benzene rings is 1. The fraction of sp³-hybridized carbons (Fsp3) is 0.125. The Hall–Kier alpha value is -0.670. The zero-order valence-electron chi connectivity index (χ0n) is 6.42. The maximum absolute atomic E-state index is 12.6. The Morgan fingerprint density at radius 2 is 2.08 bits per heavy atom. The van der Waals surface area contributed by atoms with E-state index in [-0.39, 0.29) is 0 Å². The van der Waals surface area contributed by atoms with E-state index in [0.29, 0.717) is 10.7 Å².